The van der Waals surface area contributed by atoms with E-state index in [9.17, 15) is 9.18 Å². The summed E-state index contributed by atoms with van der Waals surface area (Å²) in [5, 5.41) is 2.71. The van der Waals surface area contributed by atoms with Crippen molar-refractivity contribution in [3.05, 3.63) is 77.9 Å². The van der Waals surface area contributed by atoms with Crippen LogP contribution in [0.15, 0.2) is 60.8 Å². The largest absolute Gasteiger partial charge is 0.490 e. The number of fused-ring (bicyclic) bond motifs is 1. The second-order valence-corrected chi connectivity index (χ2v) is 6.55. The summed E-state index contributed by atoms with van der Waals surface area (Å²) < 4.78 is 20.2. The summed E-state index contributed by atoms with van der Waals surface area (Å²) in [4.78, 5) is 20.9. The van der Waals surface area contributed by atoms with Gasteiger partial charge >= 0.3 is 0 Å². The molecule has 0 fully saturated rings. The number of carbonyl (C=O) groups is 1. The van der Waals surface area contributed by atoms with Crippen LogP contribution in [0.4, 0.5) is 4.39 Å². The molecule has 0 aliphatic rings. The lowest BCUT2D eigenvalue weighted by Crippen LogP contribution is -2.24. The first-order valence-electron chi connectivity index (χ1n) is 9.74. The summed E-state index contributed by atoms with van der Waals surface area (Å²) in [6.07, 6.45) is 8.67. The molecule has 3 rings (SSSR count). The molecule has 1 amide bonds. The molecule has 0 atom stereocenters. The lowest BCUT2D eigenvalue weighted by molar-refractivity contribution is 0.0946. The zero-order valence-corrected chi connectivity index (χ0v) is 16.4. The Kier molecular flexibility index (Phi) is 7.28. The fourth-order valence-corrected chi connectivity index (χ4v) is 2.79. The van der Waals surface area contributed by atoms with Crippen LogP contribution < -0.4 is 10.1 Å². The quantitative estimate of drug-likeness (QED) is 0.418. The zero-order valence-electron chi connectivity index (χ0n) is 16.4. The van der Waals surface area contributed by atoms with Crippen LogP contribution in [0.2, 0.25) is 0 Å². The van der Waals surface area contributed by atoms with Gasteiger partial charge in [0.05, 0.1) is 17.6 Å². The molecule has 1 N–H and O–H groups in total. The number of hydrogen-bond donors (Lipinski definition) is 1. The number of halogens is 1. The molecule has 3 aromatic rings. The van der Waals surface area contributed by atoms with Gasteiger partial charge in [0.2, 0.25) is 0 Å². The van der Waals surface area contributed by atoms with Gasteiger partial charge in [0, 0.05) is 18.3 Å². The van der Waals surface area contributed by atoms with Gasteiger partial charge in [-0.1, -0.05) is 37.6 Å². The SMILES string of the molecule is CCCC=CCCOc1cccc(CNC(=O)c2ccc3ncccc3n2)c1F. The van der Waals surface area contributed by atoms with Gasteiger partial charge < -0.3 is 10.1 Å². The van der Waals surface area contributed by atoms with Gasteiger partial charge in [-0.2, -0.15) is 0 Å². The Morgan fingerprint density at radius 2 is 1.97 bits per heavy atom. The average molecular weight is 393 g/mol. The highest BCUT2D eigenvalue weighted by atomic mass is 19.1. The molecule has 0 aliphatic carbocycles. The third-order valence-electron chi connectivity index (χ3n) is 4.34. The number of unbranched alkanes of at least 4 members (excludes halogenated alkanes) is 1. The summed E-state index contributed by atoms with van der Waals surface area (Å²) in [5.74, 6) is -0.640. The summed E-state index contributed by atoms with van der Waals surface area (Å²) >= 11 is 0. The maximum absolute atomic E-state index is 14.6. The first-order chi connectivity index (χ1) is 14.2. The highest BCUT2D eigenvalue weighted by Gasteiger charge is 2.12. The van der Waals surface area contributed by atoms with Crippen molar-refractivity contribution in [2.24, 2.45) is 0 Å². The number of carbonyl (C=O) groups excluding carboxylic acids is 1. The van der Waals surface area contributed by atoms with Gasteiger partial charge in [-0.05, 0) is 43.2 Å². The van der Waals surface area contributed by atoms with Gasteiger partial charge in [0.15, 0.2) is 11.6 Å². The normalized spacial score (nSPS) is 11.1. The van der Waals surface area contributed by atoms with Gasteiger partial charge in [-0.15, -0.1) is 0 Å². The molecule has 0 spiro atoms. The van der Waals surface area contributed by atoms with E-state index in [1.807, 2.05) is 6.08 Å². The van der Waals surface area contributed by atoms with E-state index in [0.29, 0.717) is 23.2 Å². The first kappa shape index (κ1) is 20.5. The molecule has 0 bridgehead atoms. The molecule has 0 saturated heterocycles. The van der Waals surface area contributed by atoms with Crippen LogP contribution in [0.3, 0.4) is 0 Å². The number of amides is 1. The summed E-state index contributed by atoms with van der Waals surface area (Å²) in [6.45, 7) is 2.57. The van der Waals surface area contributed by atoms with E-state index >= 15 is 0 Å². The molecule has 2 aromatic heterocycles. The Labute approximate surface area is 169 Å². The molecule has 2 heterocycles. The Bertz CT molecular complexity index is 1000. The van der Waals surface area contributed by atoms with E-state index in [1.165, 1.54) is 0 Å². The predicted octanol–water partition coefficient (Wildman–Crippen LogP) is 4.82. The van der Waals surface area contributed by atoms with Gasteiger partial charge in [-0.25, -0.2) is 9.37 Å². The van der Waals surface area contributed by atoms with Crippen molar-refractivity contribution in [1.29, 1.82) is 0 Å². The van der Waals surface area contributed by atoms with Crippen LogP contribution in [-0.2, 0) is 6.54 Å². The van der Waals surface area contributed by atoms with Crippen LogP contribution >= 0.6 is 0 Å². The van der Waals surface area contributed by atoms with E-state index in [0.717, 1.165) is 19.3 Å². The monoisotopic (exact) mass is 393 g/mol. The topological polar surface area (TPSA) is 64.1 Å². The molecule has 29 heavy (non-hydrogen) atoms. The summed E-state index contributed by atoms with van der Waals surface area (Å²) in [6, 6.07) is 11.8. The maximum Gasteiger partial charge on any atom is 0.270 e. The predicted molar refractivity (Wildman–Crippen MR) is 111 cm³/mol. The number of aromatic nitrogens is 2. The number of rotatable bonds is 9. The summed E-state index contributed by atoms with van der Waals surface area (Å²) in [5.41, 5.74) is 1.97. The van der Waals surface area contributed by atoms with Crippen LogP contribution in [0, 0.1) is 5.82 Å². The average Bonchev–Trinajstić information content (AvgIpc) is 2.75. The van der Waals surface area contributed by atoms with Crippen LogP contribution in [0.25, 0.3) is 11.0 Å². The Balaban J connectivity index is 1.58. The molecular weight excluding hydrogens is 369 g/mol. The Hall–Kier alpha value is -3.28. The zero-order chi connectivity index (χ0) is 20.5. The number of benzene rings is 1. The van der Waals surface area contributed by atoms with E-state index in [1.54, 1.807) is 48.7 Å². The van der Waals surface area contributed by atoms with Gasteiger partial charge in [0.1, 0.15) is 5.69 Å². The summed E-state index contributed by atoms with van der Waals surface area (Å²) in [7, 11) is 0. The molecule has 1 aromatic carbocycles. The molecular formula is C23H24FN3O2. The Morgan fingerprint density at radius 1 is 1.10 bits per heavy atom. The van der Waals surface area contributed by atoms with Crippen molar-refractivity contribution < 1.29 is 13.9 Å². The van der Waals surface area contributed by atoms with E-state index in [2.05, 4.69) is 28.3 Å². The fraction of sp³-hybridized carbons (Fsp3) is 0.261. The van der Waals surface area contributed by atoms with Gasteiger partial charge in [-0.3, -0.25) is 9.78 Å². The number of nitrogens with one attached hydrogen (secondary N) is 1. The van der Waals surface area contributed by atoms with E-state index < -0.39 is 5.82 Å². The van der Waals surface area contributed by atoms with Crippen molar-refractivity contribution in [3.8, 4) is 5.75 Å². The minimum Gasteiger partial charge on any atom is -0.490 e. The first-order valence-corrected chi connectivity index (χ1v) is 9.74. The van der Waals surface area contributed by atoms with E-state index in [-0.39, 0.29) is 23.9 Å². The van der Waals surface area contributed by atoms with Crippen LogP contribution in [-0.4, -0.2) is 22.5 Å². The van der Waals surface area contributed by atoms with Crippen molar-refractivity contribution >= 4 is 16.9 Å². The van der Waals surface area contributed by atoms with Crippen LogP contribution in [0.5, 0.6) is 5.75 Å². The number of nitrogens with zero attached hydrogens (tertiary/aromatic N) is 2. The lowest BCUT2D eigenvalue weighted by Gasteiger charge is -2.10. The maximum atomic E-state index is 14.6. The lowest BCUT2D eigenvalue weighted by atomic mass is 10.2. The number of pyridine rings is 2. The van der Waals surface area contributed by atoms with Crippen molar-refractivity contribution in [2.45, 2.75) is 32.7 Å². The highest BCUT2D eigenvalue weighted by molar-refractivity contribution is 5.94. The standard InChI is InChI=1S/C23H24FN3O2/c1-2-3-4-5-6-15-29-21-11-7-9-17(22(21)24)16-26-23(28)20-13-12-18-19(27-20)10-8-14-25-18/h4-5,7-14H,2-3,6,15-16H2,1H3,(H,26,28). The molecule has 6 heteroatoms. The smallest absolute Gasteiger partial charge is 0.270 e. The van der Waals surface area contributed by atoms with Crippen LogP contribution in [0.1, 0.15) is 42.2 Å². The molecule has 5 nitrogen and oxygen atoms in total. The fourth-order valence-electron chi connectivity index (χ4n) is 2.79. The van der Waals surface area contributed by atoms with Crippen molar-refractivity contribution in [2.75, 3.05) is 6.61 Å². The third-order valence-corrected chi connectivity index (χ3v) is 4.34. The van der Waals surface area contributed by atoms with Crippen molar-refractivity contribution in [1.82, 2.24) is 15.3 Å². The minimum absolute atomic E-state index is 0.0467. The second-order valence-electron chi connectivity index (χ2n) is 6.55. The molecule has 150 valence electrons. The van der Waals surface area contributed by atoms with Crippen molar-refractivity contribution in [3.63, 3.8) is 0 Å². The third kappa shape index (κ3) is 5.60. The highest BCUT2D eigenvalue weighted by Crippen LogP contribution is 2.21. The minimum atomic E-state index is -0.457. The van der Waals surface area contributed by atoms with E-state index in [4.69, 9.17) is 4.74 Å². The number of ether oxygens (including phenoxy) is 1. The molecule has 0 unspecified atom stereocenters. The second kappa shape index (κ2) is 10.3. The number of hydrogen-bond acceptors (Lipinski definition) is 4. The Morgan fingerprint density at radius 3 is 2.83 bits per heavy atom. The molecule has 0 aliphatic heterocycles. The van der Waals surface area contributed by atoms with Gasteiger partial charge in [0.25, 0.3) is 5.91 Å². The molecule has 0 saturated carbocycles. The number of allylic oxidation sites excluding steroid dienone is 1. The molecule has 0 radical (unpaired) electrons.